The molecule has 3 aromatic heterocycles. The van der Waals surface area contributed by atoms with Crippen molar-refractivity contribution in [3.63, 3.8) is 0 Å². The van der Waals surface area contributed by atoms with Gasteiger partial charge in [0.25, 0.3) is 0 Å². The maximum Gasteiger partial charge on any atom is 0.327 e. The number of fused-ring (bicyclic) bond motifs is 1. The Kier molecular flexibility index (Phi) is 9.73. The van der Waals surface area contributed by atoms with Gasteiger partial charge in [-0.25, -0.2) is 4.79 Å². The fourth-order valence-electron chi connectivity index (χ4n) is 4.42. The number of unbranched alkanes of at least 4 members (excludes halogenated alkanes) is 2. The molecule has 4 aromatic rings. The smallest absolute Gasteiger partial charge is 0.327 e. The van der Waals surface area contributed by atoms with E-state index in [-0.39, 0.29) is 23.3 Å². The highest BCUT2D eigenvalue weighted by Crippen LogP contribution is 2.18. The number of Topliss-reactive ketones (excluding diaryl/α,β-unsaturated/α-hetero) is 1. The highest BCUT2D eigenvalue weighted by molar-refractivity contribution is 5.81. The summed E-state index contributed by atoms with van der Waals surface area (Å²) in [7, 11) is 0. The maximum absolute atomic E-state index is 12.7. The summed E-state index contributed by atoms with van der Waals surface area (Å²) in [5.41, 5.74) is 8.82. The number of nitrogen functional groups attached to an aromatic ring is 1. The van der Waals surface area contributed by atoms with Crippen LogP contribution in [0.15, 0.2) is 29.1 Å². The average molecular weight is 537 g/mol. The standard InChI is InChI=1S/C26H36N10O3/c1-3-4-14-39-25-29-23(27)22-24(30-25)36(26(38)28-22)12-6-5-11-35(13-10-21-31-33-34-32-21)17-20-9-7-8-19(16-20)15-18(2)37/h7-9,16H,3-6,10-15,17H2,1-2H3,(H,28,38)(H2,27,29,30)(H,31,32,33,34). The zero-order chi connectivity index (χ0) is 27.6. The second kappa shape index (κ2) is 13.6. The Hall–Kier alpha value is -4.13. The van der Waals surface area contributed by atoms with Crippen molar-refractivity contribution in [2.75, 3.05) is 25.4 Å². The van der Waals surface area contributed by atoms with Crippen LogP contribution in [0.4, 0.5) is 5.82 Å². The molecule has 0 saturated heterocycles. The first kappa shape index (κ1) is 27.9. The predicted molar refractivity (Wildman–Crippen MR) is 146 cm³/mol. The minimum atomic E-state index is -0.270. The third-order valence-corrected chi connectivity index (χ3v) is 6.36. The van der Waals surface area contributed by atoms with Crippen LogP contribution in [0, 0.1) is 0 Å². The van der Waals surface area contributed by atoms with E-state index in [9.17, 15) is 9.59 Å². The second-order valence-electron chi connectivity index (χ2n) is 9.63. The molecule has 0 aliphatic rings. The molecular formula is C26H36N10O3. The number of tetrazole rings is 1. The molecule has 13 heteroatoms. The molecule has 0 fully saturated rings. The number of hydrogen-bond donors (Lipinski definition) is 3. The van der Waals surface area contributed by atoms with Crippen LogP contribution in [-0.4, -0.2) is 70.5 Å². The monoisotopic (exact) mass is 536 g/mol. The predicted octanol–water partition coefficient (Wildman–Crippen LogP) is 2.05. The molecule has 3 heterocycles. The van der Waals surface area contributed by atoms with Gasteiger partial charge in [0, 0.05) is 32.5 Å². The molecule has 39 heavy (non-hydrogen) atoms. The van der Waals surface area contributed by atoms with Crippen LogP contribution in [0.5, 0.6) is 6.01 Å². The normalized spacial score (nSPS) is 11.5. The van der Waals surface area contributed by atoms with E-state index in [4.69, 9.17) is 10.5 Å². The quantitative estimate of drug-likeness (QED) is 0.180. The third kappa shape index (κ3) is 7.93. The summed E-state index contributed by atoms with van der Waals surface area (Å²) >= 11 is 0. The molecule has 0 bridgehead atoms. The van der Waals surface area contributed by atoms with Crippen LogP contribution in [-0.2, 0) is 30.7 Å². The van der Waals surface area contributed by atoms with Gasteiger partial charge in [-0.05, 0) is 43.9 Å². The van der Waals surface area contributed by atoms with Gasteiger partial charge < -0.3 is 15.5 Å². The van der Waals surface area contributed by atoms with Gasteiger partial charge in [0.05, 0.1) is 6.61 Å². The molecule has 0 saturated carbocycles. The van der Waals surface area contributed by atoms with Crippen LogP contribution < -0.4 is 16.2 Å². The molecule has 1 aromatic carbocycles. The summed E-state index contributed by atoms with van der Waals surface area (Å²) < 4.78 is 7.22. The number of aromatic amines is 2. The molecular weight excluding hydrogens is 500 g/mol. The number of nitrogens with zero attached hydrogens (tertiary/aromatic N) is 7. The number of hydrogen-bond acceptors (Lipinski definition) is 10. The van der Waals surface area contributed by atoms with Crippen molar-refractivity contribution in [3.05, 3.63) is 51.7 Å². The van der Waals surface area contributed by atoms with E-state index < -0.39 is 0 Å². The van der Waals surface area contributed by atoms with Gasteiger partial charge in [0.15, 0.2) is 17.3 Å². The van der Waals surface area contributed by atoms with E-state index in [1.807, 2.05) is 12.1 Å². The Morgan fingerprint density at radius 3 is 2.77 bits per heavy atom. The molecule has 4 N–H and O–H groups in total. The van der Waals surface area contributed by atoms with Crippen molar-refractivity contribution in [3.8, 4) is 6.01 Å². The van der Waals surface area contributed by atoms with Gasteiger partial charge in [-0.1, -0.05) is 42.8 Å². The molecule has 0 spiro atoms. The van der Waals surface area contributed by atoms with Gasteiger partial charge >= 0.3 is 11.7 Å². The van der Waals surface area contributed by atoms with Crippen molar-refractivity contribution in [2.24, 2.45) is 0 Å². The van der Waals surface area contributed by atoms with Crippen LogP contribution in [0.25, 0.3) is 11.2 Å². The minimum Gasteiger partial charge on any atom is -0.463 e. The van der Waals surface area contributed by atoms with Crippen molar-refractivity contribution in [1.82, 2.24) is 45.0 Å². The Bertz CT molecular complexity index is 1410. The van der Waals surface area contributed by atoms with Crippen LogP contribution in [0.1, 0.15) is 56.5 Å². The number of rotatable bonds is 16. The van der Waals surface area contributed by atoms with Crippen molar-refractivity contribution in [2.45, 2.75) is 65.5 Å². The average Bonchev–Trinajstić information content (AvgIpc) is 3.53. The van der Waals surface area contributed by atoms with Crippen molar-refractivity contribution >= 4 is 22.8 Å². The SMILES string of the molecule is CCCCOc1nc(N)c2[nH]c(=O)n(CCCCN(CCc3nn[nH]n3)Cc3cccc(CC(C)=O)c3)c2n1. The molecule has 208 valence electrons. The summed E-state index contributed by atoms with van der Waals surface area (Å²) in [6.45, 7) is 6.91. The molecule has 4 rings (SSSR count). The number of ether oxygens (including phenoxy) is 1. The Labute approximate surface area is 226 Å². The van der Waals surface area contributed by atoms with Gasteiger partial charge in [-0.15, -0.1) is 10.2 Å². The Morgan fingerprint density at radius 1 is 1.15 bits per heavy atom. The van der Waals surface area contributed by atoms with Gasteiger partial charge in [-0.3, -0.25) is 14.3 Å². The summed E-state index contributed by atoms with van der Waals surface area (Å²) in [6.07, 6.45) is 4.55. The number of aryl methyl sites for hydroxylation is 1. The zero-order valence-corrected chi connectivity index (χ0v) is 22.5. The third-order valence-electron chi connectivity index (χ3n) is 6.36. The first-order valence-corrected chi connectivity index (χ1v) is 13.3. The molecule has 0 aliphatic heterocycles. The molecule has 0 radical (unpaired) electrons. The lowest BCUT2D eigenvalue weighted by atomic mass is 10.1. The lowest BCUT2D eigenvalue weighted by Crippen LogP contribution is -2.28. The fourth-order valence-corrected chi connectivity index (χ4v) is 4.42. The van der Waals surface area contributed by atoms with E-state index >= 15 is 0 Å². The van der Waals surface area contributed by atoms with Gasteiger partial charge in [-0.2, -0.15) is 15.2 Å². The van der Waals surface area contributed by atoms with Crippen LogP contribution >= 0.6 is 0 Å². The number of carbonyl (C=O) groups excluding carboxylic acids is 1. The van der Waals surface area contributed by atoms with Crippen LogP contribution in [0.2, 0.25) is 0 Å². The maximum atomic E-state index is 12.7. The number of ketones is 1. The lowest BCUT2D eigenvalue weighted by Gasteiger charge is -2.22. The van der Waals surface area contributed by atoms with E-state index in [0.29, 0.717) is 43.0 Å². The number of imidazole rings is 1. The highest BCUT2D eigenvalue weighted by atomic mass is 16.5. The summed E-state index contributed by atoms with van der Waals surface area (Å²) in [5, 5.41) is 14.3. The lowest BCUT2D eigenvalue weighted by molar-refractivity contribution is -0.116. The second-order valence-corrected chi connectivity index (χ2v) is 9.63. The topological polar surface area (TPSA) is 174 Å². The largest absolute Gasteiger partial charge is 0.463 e. The summed E-state index contributed by atoms with van der Waals surface area (Å²) in [6, 6.07) is 8.30. The number of anilines is 1. The number of aromatic nitrogens is 8. The number of nitrogens with two attached hydrogens (primary N) is 1. The molecule has 13 nitrogen and oxygen atoms in total. The number of H-pyrrole nitrogens is 2. The molecule has 0 unspecified atom stereocenters. The van der Waals surface area contributed by atoms with Crippen molar-refractivity contribution in [1.29, 1.82) is 0 Å². The van der Waals surface area contributed by atoms with E-state index in [0.717, 1.165) is 56.4 Å². The Morgan fingerprint density at radius 2 is 2.00 bits per heavy atom. The van der Waals surface area contributed by atoms with Crippen molar-refractivity contribution < 1.29 is 9.53 Å². The summed E-state index contributed by atoms with van der Waals surface area (Å²) in [4.78, 5) is 37.9. The van der Waals surface area contributed by atoms with E-state index in [2.05, 4.69) is 59.5 Å². The fraction of sp³-hybridized carbons (Fsp3) is 0.500. The number of nitrogens with one attached hydrogen (secondary N) is 2. The van der Waals surface area contributed by atoms with Gasteiger partial charge in [0.2, 0.25) is 0 Å². The van der Waals surface area contributed by atoms with Crippen LogP contribution in [0.3, 0.4) is 0 Å². The molecule has 0 aliphatic carbocycles. The number of carbonyl (C=O) groups is 1. The first-order chi connectivity index (χ1) is 18.9. The zero-order valence-electron chi connectivity index (χ0n) is 22.5. The van der Waals surface area contributed by atoms with Gasteiger partial charge in [0.1, 0.15) is 11.3 Å². The molecule has 0 atom stereocenters. The minimum absolute atomic E-state index is 0.139. The van der Waals surface area contributed by atoms with E-state index in [1.54, 1.807) is 11.5 Å². The highest BCUT2D eigenvalue weighted by Gasteiger charge is 2.15. The Balaban J connectivity index is 1.40. The van der Waals surface area contributed by atoms with E-state index in [1.165, 1.54) is 0 Å². The number of benzene rings is 1. The summed E-state index contributed by atoms with van der Waals surface area (Å²) in [5.74, 6) is 0.993. The molecule has 0 amide bonds. The first-order valence-electron chi connectivity index (χ1n) is 13.3.